The van der Waals surface area contributed by atoms with Crippen molar-refractivity contribution in [1.82, 2.24) is 10.3 Å². The summed E-state index contributed by atoms with van der Waals surface area (Å²) in [5.74, 6) is 0.806. The number of alkyl halides is 3. The molecule has 5 rings (SSSR count). The number of nitrogens with zero attached hydrogens (tertiary/aromatic N) is 2. The van der Waals surface area contributed by atoms with E-state index in [1.54, 1.807) is 37.1 Å². The van der Waals surface area contributed by atoms with Crippen molar-refractivity contribution >= 4 is 40.7 Å². The van der Waals surface area contributed by atoms with Crippen molar-refractivity contribution in [3.63, 3.8) is 0 Å². The van der Waals surface area contributed by atoms with Gasteiger partial charge in [-0.1, -0.05) is 24.3 Å². The number of carbonyl (C=O) groups is 3. The second kappa shape index (κ2) is 18.7. The van der Waals surface area contributed by atoms with Gasteiger partial charge in [0.2, 0.25) is 0 Å². The van der Waals surface area contributed by atoms with Crippen LogP contribution in [0.5, 0.6) is 0 Å². The maximum absolute atomic E-state index is 13.6. The number of halogens is 3. The number of ether oxygens (including phenoxy) is 1. The van der Waals surface area contributed by atoms with Crippen LogP contribution in [-0.2, 0) is 28.0 Å². The van der Waals surface area contributed by atoms with Crippen molar-refractivity contribution in [3.05, 3.63) is 113 Å². The normalized spacial score (nSPS) is 13.1. The predicted molar refractivity (Wildman–Crippen MR) is 200 cm³/mol. The molecule has 0 unspecified atom stereocenters. The van der Waals surface area contributed by atoms with Crippen LogP contribution in [0.3, 0.4) is 0 Å². The Morgan fingerprint density at radius 1 is 0.865 bits per heavy atom. The summed E-state index contributed by atoms with van der Waals surface area (Å²) >= 11 is 1.65. The number of rotatable bonds is 16. The van der Waals surface area contributed by atoms with E-state index in [0.29, 0.717) is 59.0 Å². The summed E-state index contributed by atoms with van der Waals surface area (Å²) in [5, 5.41) is 5.76. The Labute approximate surface area is 306 Å². The molecule has 8 nitrogen and oxygen atoms in total. The van der Waals surface area contributed by atoms with Crippen molar-refractivity contribution in [2.24, 2.45) is 0 Å². The second-order valence-corrected chi connectivity index (χ2v) is 13.8. The highest BCUT2D eigenvalue weighted by Gasteiger charge is 2.30. The lowest BCUT2D eigenvalue weighted by Crippen LogP contribution is -2.29. The zero-order valence-electron chi connectivity index (χ0n) is 29.1. The fourth-order valence-corrected chi connectivity index (χ4v) is 6.91. The summed E-state index contributed by atoms with van der Waals surface area (Å²) in [5.41, 5.74) is 3.86. The van der Waals surface area contributed by atoms with Gasteiger partial charge >= 0.3 is 6.18 Å². The van der Waals surface area contributed by atoms with Crippen LogP contribution in [-0.4, -0.2) is 55.1 Å². The maximum Gasteiger partial charge on any atom is 0.416 e. The minimum Gasteiger partial charge on any atom is -0.385 e. The Balaban J connectivity index is 1.31. The molecule has 0 saturated carbocycles. The van der Waals surface area contributed by atoms with Crippen molar-refractivity contribution < 1.29 is 32.3 Å². The number of ketones is 1. The van der Waals surface area contributed by atoms with Crippen molar-refractivity contribution in [1.29, 1.82) is 0 Å². The minimum atomic E-state index is -4.48. The molecule has 1 fully saturated rings. The first-order valence-electron chi connectivity index (χ1n) is 17.4. The summed E-state index contributed by atoms with van der Waals surface area (Å²) in [7, 11) is 1.62. The zero-order chi connectivity index (χ0) is 36.9. The van der Waals surface area contributed by atoms with Gasteiger partial charge in [0.25, 0.3) is 11.8 Å². The van der Waals surface area contributed by atoms with Gasteiger partial charge < -0.3 is 20.3 Å². The molecular formula is C40H43F3N4O4S. The van der Waals surface area contributed by atoms with Crippen LogP contribution < -0.4 is 15.5 Å². The van der Waals surface area contributed by atoms with Gasteiger partial charge in [-0.15, -0.1) is 0 Å². The summed E-state index contributed by atoms with van der Waals surface area (Å²) in [6, 6.07) is 21.2. The third-order valence-electron chi connectivity index (χ3n) is 8.77. The van der Waals surface area contributed by atoms with Crippen LogP contribution in [0.4, 0.5) is 24.5 Å². The van der Waals surface area contributed by atoms with Gasteiger partial charge in [-0.2, -0.15) is 24.9 Å². The Kier molecular flexibility index (Phi) is 13.9. The molecule has 0 atom stereocenters. The molecule has 1 aliphatic heterocycles. The number of thioether (sulfide) groups is 1. The number of Topliss-reactive ketones (excluding diaryl/α,β-unsaturated/α-hetero) is 1. The molecular weight excluding hydrogens is 690 g/mol. The molecule has 1 aromatic heterocycles. The molecule has 274 valence electrons. The number of piperidine rings is 1. The number of nitrogens with one attached hydrogen (secondary N) is 2. The molecule has 2 amide bonds. The van der Waals surface area contributed by atoms with Crippen LogP contribution >= 0.6 is 11.8 Å². The first-order valence-corrected chi connectivity index (χ1v) is 18.5. The predicted octanol–water partition coefficient (Wildman–Crippen LogP) is 8.56. The molecule has 2 N–H and O–H groups in total. The minimum absolute atomic E-state index is 0.0866. The molecule has 0 bridgehead atoms. The number of benzene rings is 3. The lowest BCUT2D eigenvalue weighted by Gasteiger charge is -2.29. The third kappa shape index (κ3) is 11.2. The van der Waals surface area contributed by atoms with E-state index in [9.17, 15) is 27.6 Å². The van der Waals surface area contributed by atoms with E-state index in [0.717, 1.165) is 55.7 Å². The van der Waals surface area contributed by atoms with Crippen LogP contribution in [0.2, 0.25) is 0 Å². The summed E-state index contributed by atoms with van der Waals surface area (Å²) in [6.07, 6.45) is 2.08. The number of hydrogen-bond acceptors (Lipinski definition) is 7. The molecule has 0 aliphatic carbocycles. The van der Waals surface area contributed by atoms with E-state index >= 15 is 0 Å². The van der Waals surface area contributed by atoms with Crippen LogP contribution in [0, 0.1) is 0 Å². The van der Waals surface area contributed by atoms with E-state index in [1.165, 1.54) is 24.8 Å². The number of pyridine rings is 1. The molecule has 1 saturated heterocycles. The Bertz CT molecular complexity index is 1850. The molecule has 52 heavy (non-hydrogen) atoms. The average molecular weight is 733 g/mol. The molecule has 3 aromatic carbocycles. The summed E-state index contributed by atoms with van der Waals surface area (Å²) in [6.45, 7) is 2.30. The van der Waals surface area contributed by atoms with Crippen LogP contribution in [0.1, 0.15) is 75.9 Å². The number of carbonyl (C=O) groups excluding carboxylic acids is 3. The van der Waals surface area contributed by atoms with E-state index < -0.39 is 17.6 Å². The van der Waals surface area contributed by atoms with Crippen molar-refractivity contribution in [3.8, 4) is 11.3 Å². The van der Waals surface area contributed by atoms with E-state index in [4.69, 9.17) is 4.74 Å². The van der Waals surface area contributed by atoms with Crippen molar-refractivity contribution in [2.45, 2.75) is 57.0 Å². The largest absolute Gasteiger partial charge is 0.416 e. The highest BCUT2D eigenvalue weighted by molar-refractivity contribution is 7.98. The van der Waals surface area contributed by atoms with E-state index in [1.807, 2.05) is 36.4 Å². The average Bonchev–Trinajstić information content (AvgIpc) is 3.16. The van der Waals surface area contributed by atoms with Gasteiger partial charge in [-0.3, -0.25) is 19.4 Å². The van der Waals surface area contributed by atoms with Gasteiger partial charge in [0, 0.05) is 86.3 Å². The Morgan fingerprint density at radius 2 is 1.63 bits per heavy atom. The second-order valence-electron chi connectivity index (χ2n) is 12.7. The van der Waals surface area contributed by atoms with Gasteiger partial charge in [-0.05, 0) is 91.4 Å². The SMILES string of the molecule is COCCCC(=O)CCSCc1cccc(C(=O)Nc2ccc(N3CCCCC3)cc2-c2cc(C(=O)NCc3cccc(C(F)(F)F)c3)ccn2)c1. The van der Waals surface area contributed by atoms with Crippen LogP contribution in [0.25, 0.3) is 11.3 Å². The third-order valence-corrected chi connectivity index (χ3v) is 9.80. The number of aromatic nitrogens is 1. The van der Waals surface area contributed by atoms with Gasteiger partial charge in [0.15, 0.2) is 0 Å². The summed E-state index contributed by atoms with van der Waals surface area (Å²) < 4.78 is 44.6. The molecule has 4 aromatic rings. The first-order chi connectivity index (χ1) is 25.1. The fraction of sp³-hybridized carbons (Fsp3) is 0.350. The molecule has 12 heteroatoms. The first kappa shape index (κ1) is 38.5. The lowest BCUT2D eigenvalue weighted by molar-refractivity contribution is -0.137. The van der Waals surface area contributed by atoms with Gasteiger partial charge in [-0.25, -0.2) is 0 Å². The smallest absolute Gasteiger partial charge is 0.385 e. The number of hydrogen-bond donors (Lipinski definition) is 2. The number of anilines is 2. The van der Waals surface area contributed by atoms with Crippen molar-refractivity contribution in [2.75, 3.05) is 42.8 Å². The quantitative estimate of drug-likeness (QED) is 0.111. The summed E-state index contributed by atoms with van der Waals surface area (Å²) in [4.78, 5) is 45.7. The zero-order valence-corrected chi connectivity index (χ0v) is 30.0. The Morgan fingerprint density at radius 3 is 2.42 bits per heavy atom. The lowest BCUT2D eigenvalue weighted by atomic mass is 10.0. The van der Waals surface area contributed by atoms with Crippen LogP contribution in [0.15, 0.2) is 85.1 Å². The van der Waals surface area contributed by atoms with E-state index in [2.05, 4.69) is 20.5 Å². The topological polar surface area (TPSA) is 101 Å². The molecule has 1 aliphatic rings. The molecule has 0 spiro atoms. The fourth-order valence-electron chi connectivity index (χ4n) is 5.97. The number of methoxy groups -OCH3 is 1. The molecule has 0 radical (unpaired) electrons. The monoisotopic (exact) mass is 732 g/mol. The Hall–Kier alpha value is -4.68. The van der Waals surface area contributed by atoms with Gasteiger partial charge in [0.1, 0.15) is 5.78 Å². The highest BCUT2D eigenvalue weighted by Crippen LogP contribution is 2.34. The highest BCUT2D eigenvalue weighted by atomic mass is 32.2. The molecule has 2 heterocycles. The maximum atomic E-state index is 13.6. The van der Waals surface area contributed by atoms with E-state index in [-0.39, 0.29) is 23.8 Å². The standard InChI is InChI=1S/C40H43F3N4O4S/c1-51-20-7-12-34(48)16-21-52-27-29-9-5-10-30(22-29)39(50)46-36-14-13-33(47-18-3-2-4-19-47)25-35(36)37-24-31(15-17-44-37)38(49)45-26-28-8-6-11-32(23-28)40(41,42)43/h5-6,8-11,13-15,17,22-25H,2-4,7,12,16,18-21,26-27H2,1H3,(H,45,49)(H,46,50). The number of amides is 2. The van der Waals surface area contributed by atoms with Gasteiger partial charge in [0.05, 0.1) is 16.9 Å².